The number of hydrogen-bond acceptors (Lipinski definition) is 6. The third-order valence-corrected chi connectivity index (χ3v) is 4.18. The lowest BCUT2D eigenvalue weighted by atomic mass is 10.0. The fraction of sp³-hybridized carbons (Fsp3) is 0.235. The SMILES string of the molecule is COC(=O)c1c(CN2C(=O)C(=O)N(C)C2=O)nc2ccccc2c1C. The number of aryl methyl sites for hydroxylation is 1. The largest absolute Gasteiger partial charge is 0.465 e. The van der Waals surface area contributed by atoms with Crippen LogP contribution in [-0.4, -0.2) is 52.8 Å². The lowest BCUT2D eigenvalue weighted by molar-refractivity contribution is -0.143. The maximum absolute atomic E-state index is 12.2. The molecular formula is C17H15N3O5. The molecule has 25 heavy (non-hydrogen) atoms. The first-order valence-corrected chi connectivity index (χ1v) is 7.46. The van der Waals surface area contributed by atoms with Crippen LogP contribution in [0.2, 0.25) is 0 Å². The first-order valence-electron chi connectivity index (χ1n) is 7.46. The number of imide groups is 2. The van der Waals surface area contributed by atoms with E-state index in [0.717, 1.165) is 15.2 Å². The van der Waals surface area contributed by atoms with E-state index in [-0.39, 0.29) is 17.8 Å². The molecule has 1 aliphatic rings. The molecule has 8 nitrogen and oxygen atoms in total. The fourth-order valence-corrected chi connectivity index (χ4v) is 2.83. The molecule has 0 bridgehead atoms. The Morgan fingerprint density at radius 2 is 1.84 bits per heavy atom. The molecule has 0 spiro atoms. The average Bonchev–Trinajstić information content (AvgIpc) is 2.79. The second-order valence-electron chi connectivity index (χ2n) is 5.61. The summed E-state index contributed by atoms with van der Waals surface area (Å²) in [5.74, 6) is -2.48. The normalized spacial score (nSPS) is 14.6. The lowest BCUT2D eigenvalue weighted by Crippen LogP contribution is -2.32. The van der Waals surface area contributed by atoms with Gasteiger partial charge >= 0.3 is 23.8 Å². The van der Waals surface area contributed by atoms with Crippen LogP contribution in [0.5, 0.6) is 0 Å². The number of urea groups is 1. The fourth-order valence-electron chi connectivity index (χ4n) is 2.83. The Morgan fingerprint density at radius 3 is 2.44 bits per heavy atom. The molecule has 0 atom stereocenters. The molecule has 3 rings (SSSR count). The Morgan fingerprint density at radius 1 is 1.16 bits per heavy atom. The van der Waals surface area contributed by atoms with E-state index >= 15 is 0 Å². The number of para-hydroxylation sites is 1. The molecule has 128 valence electrons. The number of carbonyl (C=O) groups is 4. The van der Waals surface area contributed by atoms with E-state index in [1.165, 1.54) is 14.2 Å². The maximum Gasteiger partial charge on any atom is 0.340 e. The second-order valence-corrected chi connectivity index (χ2v) is 5.61. The van der Waals surface area contributed by atoms with Crippen LogP contribution in [0.4, 0.5) is 4.79 Å². The van der Waals surface area contributed by atoms with Crippen LogP contribution in [0.15, 0.2) is 24.3 Å². The maximum atomic E-state index is 12.2. The summed E-state index contributed by atoms with van der Waals surface area (Å²) < 4.78 is 4.82. The number of benzene rings is 1. The Kier molecular flexibility index (Phi) is 3.96. The molecule has 8 heteroatoms. The summed E-state index contributed by atoms with van der Waals surface area (Å²) in [5.41, 5.74) is 1.63. The molecule has 1 aromatic heterocycles. The van der Waals surface area contributed by atoms with Gasteiger partial charge in [-0.05, 0) is 18.6 Å². The molecule has 1 fully saturated rings. The van der Waals surface area contributed by atoms with Crippen molar-refractivity contribution >= 4 is 34.7 Å². The number of amides is 4. The highest BCUT2D eigenvalue weighted by Crippen LogP contribution is 2.25. The van der Waals surface area contributed by atoms with Crippen molar-refractivity contribution in [3.8, 4) is 0 Å². The molecule has 2 heterocycles. The van der Waals surface area contributed by atoms with Crippen molar-refractivity contribution in [1.29, 1.82) is 0 Å². The predicted molar refractivity (Wildman–Crippen MR) is 86.5 cm³/mol. The molecule has 0 unspecified atom stereocenters. The molecule has 1 aromatic carbocycles. The van der Waals surface area contributed by atoms with E-state index in [4.69, 9.17) is 4.74 Å². The number of hydrogen-bond donors (Lipinski definition) is 0. The van der Waals surface area contributed by atoms with Crippen LogP contribution < -0.4 is 0 Å². The Labute approximate surface area is 143 Å². The van der Waals surface area contributed by atoms with Crippen molar-refractivity contribution in [3.05, 3.63) is 41.1 Å². The van der Waals surface area contributed by atoms with E-state index < -0.39 is 23.8 Å². The van der Waals surface area contributed by atoms with Gasteiger partial charge in [0.25, 0.3) is 0 Å². The number of ether oxygens (including phenoxy) is 1. The first kappa shape index (κ1) is 16.6. The minimum Gasteiger partial charge on any atom is -0.465 e. The smallest absolute Gasteiger partial charge is 0.340 e. The van der Waals surface area contributed by atoms with Crippen molar-refractivity contribution in [2.45, 2.75) is 13.5 Å². The molecule has 0 aliphatic carbocycles. The van der Waals surface area contributed by atoms with Crippen molar-refractivity contribution in [2.24, 2.45) is 0 Å². The highest BCUT2D eigenvalue weighted by atomic mass is 16.5. The number of nitrogens with zero attached hydrogens (tertiary/aromatic N) is 3. The van der Waals surface area contributed by atoms with Gasteiger partial charge in [0.1, 0.15) is 0 Å². The summed E-state index contributed by atoms with van der Waals surface area (Å²) >= 11 is 0. The van der Waals surface area contributed by atoms with Crippen molar-refractivity contribution in [1.82, 2.24) is 14.8 Å². The van der Waals surface area contributed by atoms with E-state index in [1.807, 2.05) is 12.1 Å². The summed E-state index contributed by atoms with van der Waals surface area (Å²) in [7, 11) is 2.47. The molecule has 1 aliphatic heterocycles. The molecule has 1 saturated heterocycles. The number of carbonyl (C=O) groups excluding carboxylic acids is 4. The van der Waals surface area contributed by atoms with Crippen LogP contribution in [0.3, 0.4) is 0 Å². The summed E-state index contributed by atoms with van der Waals surface area (Å²) in [6.07, 6.45) is 0. The van der Waals surface area contributed by atoms with Crippen LogP contribution >= 0.6 is 0 Å². The quantitative estimate of drug-likeness (QED) is 0.473. The minimum atomic E-state index is -0.948. The number of rotatable bonds is 3. The molecule has 0 saturated carbocycles. The zero-order chi connectivity index (χ0) is 18.3. The van der Waals surface area contributed by atoms with Crippen molar-refractivity contribution in [3.63, 3.8) is 0 Å². The molecule has 2 aromatic rings. The molecule has 0 N–H and O–H groups in total. The van der Waals surface area contributed by atoms with E-state index in [2.05, 4.69) is 4.98 Å². The van der Waals surface area contributed by atoms with Gasteiger partial charge in [0.2, 0.25) is 0 Å². The van der Waals surface area contributed by atoms with Gasteiger partial charge in [0.05, 0.1) is 30.4 Å². The zero-order valence-electron chi connectivity index (χ0n) is 13.9. The molecule has 4 amide bonds. The van der Waals surface area contributed by atoms with Gasteiger partial charge in [-0.3, -0.25) is 14.5 Å². The van der Waals surface area contributed by atoms with Crippen LogP contribution in [-0.2, 0) is 20.9 Å². The number of likely N-dealkylation sites (N-methyl/N-ethyl adjacent to an activating group) is 1. The van der Waals surface area contributed by atoms with Crippen molar-refractivity contribution < 1.29 is 23.9 Å². The Bertz CT molecular complexity index is 937. The molecule has 0 radical (unpaired) electrons. The summed E-state index contributed by atoms with van der Waals surface area (Å²) in [5, 5.41) is 0.763. The lowest BCUT2D eigenvalue weighted by Gasteiger charge is -2.17. The predicted octanol–water partition coefficient (Wildman–Crippen LogP) is 1.25. The van der Waals surface area contributed by atoms with Gasteiger partial charge in [0, 0.05) is 12.4 Å². The third kappa shape index (κ3) is 2.51. The van der Waals surface area contributed by atoms with Gasteiger partial charge in [-0.15, -0.1) is 0 Å². The topological polar surface area (TPSA) is 96.9 Å². The van der Waals surface area contributed by atoms with Crippen molar-refractivity contribution in [2.75, 3.05) is 14.2 Å². The standard InChI is InChI=1S/C17H15N3O5/c1-9-10-6-4-5-7-11(10)18-12(13(9)16(23)25-3)8-20-15(22)14(21)19(2)17(20)24/h4-7H,8H2,1-3H3. The number of fused-ring (bicyclic) bond motifs is 1. The molecular weight excluding hydrogens is 326 g/mol. The third-order valence-electron chi connectivity index (χ3n) is 4.18. The first-order chi connectivity index (χ1) is 11.9. The van der Waals surface area contributed by atoms with Gasteiger partial charge in [0.15, 0.2) is 0 Å². The Balaban J connectivity index is 2.15. The summed E-state index contributed by atoms with van der Waals surface area (Å²) in [6.45, 7) is 1.45. The number of pyridine rings is 1. The van der Waals surface area contributed by atoms with Gasteiger partial charge in [-0.2, -0.15) is 0 Å². The van der Waals surface area contributed by atoms with Gasteiger partial charge in [-0.1, -0.05) is 18.2 Å². The van der Waals surface area contributed by atoms with E-state index in [0.29, 0.717) is 11.1 Å². The van der Waals surface area contributed by atoms with Crippen LogP contribution in [0.25, 0.3) is 10.9 Å². The van der Waals surface area contributed by atoms with E-state index in [9.17, 15) is 19.2 Å². The van der Waals surface area contributed by atoms with Crippen LogP contribution in [0, 0.1) is 6.92 Å². The van der Waals surface area contributed by atoms with Gasteiger partial charge in [-0.25, -0.2) is 19.5 Å². The minimum absolute atomic E-state index is 0.184. The van der Waals surface area contributed by atoms with Crippen LogP contribution in [0.1, 0.15) is 21.6 Å². The van der Waals surface area contributed by atoms with E-state index in [1.54, 1.807) is 19.1 Å². The zero-order valence-corrected chi connectivity index (χ0v) is 13.9. The average molecular weight is 341 g/mol. The van der Waals surface area contributed by atoms with Gasteiger partial charge < -0.3 is 4.74 Å². The number of esters is 1. The Hall–Kier alpha value is -3.29. The summed E-state index contributed by atoms with van der Waals surface area (Å²) in [4.78, 5) is 53.9. The highest BCUT2D eigenvalue weighted by molar-refractivity contribution is 6.44. The monoisotopic (exact) mass is 341 g/mol. The number of aromatic nitrogens is 1. The second kappa shape index (κ2) is 5.97. The highest BCUT2D eigenvalue weighted by Gasteiger charge is 2.42. The summed E-state index contributed by atoms with van der Waals surface area (Å²) in [6, 6.07) is 6.44. The number of methoxy groups -OCH3 is 1.